The summed E-state index contributed by atoms with van der Waals surface area (Å²) in [5.41, 5.74) is 3.98. The first kappa shape index (κ1) is 15.3. The zero-order chi connectivity index (χ0) is 16.6. The molecule has 0 spiro atoms. The smallest absolute Gasteiger partial charge is 0.0976 e. The number of dihydropyridines is 1. The molecular weight excluding hydrogens is 306 g/mol. The number of aromatic nitrogens is 2. The van der Waals surface area contributed by atoms with Crippen molar-refractivity contribution in [2.24, 2.45) is 5.92 Å². The van der Waals surface area contributed by atoms with Crippen LogP contribution < -0.4 is 5.32 Å². The molecule has 3 rings (SSSR count). The van der Waals surface area contributed by atoms with Gasteiger partial charge in [-0.25, -0.2) is 0 Å². The van der Waals surface area contributed by atoms with Gasteiger partial charge in [0.05, 0.1) is 45.6 Å². The molecule has 1 aliphatic heterocycles. The van der Waals surface area contributed by atoms with Gasteiger partial charge in [0.15, 0.2) is 0 Å². The Kier molecular flexibility index (Phi) is 3.94. The van der Waals surface area contributed by atoms with Crippen LogP contribution >= 0.6 is 11.3 Å². The number of H-pyrrole nitrogens is 1. The number of hydrogen-bond acceptors (Lipinski definition) is 5. The van der Waals surface area contributed by atoms with Gasteiger partial charge in [-0.1, -0.05) is 13.8 Å². The van der Waals surface area contributed by atoms with Crippen LogP contribution in [0.3, 0.4) is 0 Å². The normalized spacial score (nSPS) is 18.3. The first-order chi connectivity index (χ1) is 11.0. The van der Waals surface area contributed by atoms with Gasteiger partial charge in [-0.3, -0.25) is 5.10 Å². The zero-order valence-electron chi connectivity index (χ0n) is 13.3. The fourth-order valence-corrected chi connectivity index (χ4v) is 4.05. The predicted molar refractivity (Wildman–Crippen MR) is 90.3 cm³/mol. The summed E-state index contributed by atoms with van der Waals surface area (Å²) in [6.45, 7) is 6.15. The van der Waals surface area contributed by atoms with Crippen LogP contribution in [-0.4, -0.2) is 10.2 Å². The lowest BCUT2D eigenvalue weighted by Crippen LogP contribution is -2.25. The molecule has 0 aliphatic carbocycles. The third kappa shape index (κ3) is 2.62. The summed E-state index contributed by atoms with van der Waals surface area (Å²) in [6, 6.07) is 6.63. The molecule has 0 saturated carbocycles. The Balaban J connectivity index is 2.16. The van der Waals surface area contributed by atoms with E-state index in [2.05, 4.69) is 41.5 Å². The quantitative estimate of drug-likeness (QED) is 0.895. The van der Waals surface area contributed by atoms with E-state index in [1.54, 1.807) is 17.5 Å². The molecule has 2 aromatic rings. The second-order valence-electron chi connectivity index (χ2n) is 6.11. The second-order valence-corrected chi connectivity index (χ2v) is 7.22. The average Bonchev–Trinajstić information content (AvgIpc) is 3.07. The SMILES string of the molecule is CC1=C(C#N)C(c2cc3[nH]ncc3s2)C(C#N)=C(CC(C)C)N1. The molecule has 2 N–H and O–H groups in total. The summed E-state index contributed by atoms with van der Waals surface area (Å²) in [6.07, 6.45) is 2.57. The topological polar surface area (TPSA) is 88.3 Å². The highest BCUT2D eigenvalue weighted by Gasteiger charge is 2.32. The van der Waals surface area contributed by atoms with E-state index in [1.807, 2.05) is 13.0 Å². The molecule has 0 radical (unpaired) electrons. The summed E-state index contributed by atoms with van der Waals surface area (Å²) in [4.78, 5) is 1.00. The van der Waals surface area contributed by atoms with Crippen molar-refractivity contribution in [3.8, 4) is 12.1 Å². The maximum atomic E-state index is 9.74. The molecule has 0 aromatic carbocycles. The van der Waals surface area contributed by atoms with Gasteiger partial charge in [-0.05, 0) is 25.3 Å². The molecule has 0 bridgehead atoms. The van der Waals surface area contributed by atoms with Gasteiger partial charge in [0.25, 0.3) is 0 Å². The van der Waals surface area contributed by atoms with Crippen molar-refractivity contribution in [2.75, 3.05) is 0 Å². The number of nitrogens with one attached hydrogen (secondary N) is 2. The van der Waals surface area contributed by atoms with Crippen LogP contribution in [0.15, 0.2) is 34.8 Å². The van der Waals surface area contributed by atoms with Crippen LogP contribution in [0.4, 0.5) is 0 Å². The molecule has 1 unspecified atom stereocenters. The number of fused-ring (bicyclic) bond motifs is 1. The predicted octanol–water partition coefficient (Wildman–Crippen LogP) is 3.93. The van der Waals surface area contributed by atoms with Crippen molar-refractivity contribution in [3.05, 3.63) is 39.7 Å². The van der Waals surface area contributed by atoms with Crippen molar-refractivity contribution in [2.45, 2.75) is 33.1 Å². The number of hydrogen-bond donors (Lipinski definition) is 2. The van der Waals surface area contributed by atoms with Crippen molar-refractivity contribution >= 4 is 21.6 Å². The highest BCUT2D eigenvalue weighted by atomic mass is 32.1. The molecule has 3 heterocycles. The van der Waals surface area contributed by atoms with Crippen LogP contribution in [0.1, 0.15) is 38.0 Å². The number of allylic oxidation sites excluding steroid dienone is 4. The van der Waals surface area contributed by atoms with E-state index >= 15 is 0 Å². The van der Waals surface area contributed by atoms with E-state index in [0.717, 1.165) is 32.9 Å². The third-order valence-electron chi connectivity index (χ3n) is 3.93. The number of rotatable bonds is 3. The van der Waals surface area contributed by atoms with Crippen LogP contribution in [0.5, 0.6) is 0 Å². The lowest BCUT2D eigenvalue weighted by atomic mass is 9.84. The summed E-state index contributed by atoms with van der Waals surface area (Å²) in [5, 5.41) is 29.6. The van der Waals surface area contributed by atoms with Crippen molar-refractivity contribution in [3.63, 3.8) is 0 Å². The van der Waals surface area contributed by atoms with Gasteiger partial charge in [-0.2, -0.15) is 15.6 Å². The summed E-state index contributed by atoms with van der Waals surface area (Å²) in [5.74, 6) is 0.144. The van der Waals surface area contributed by atoms with Crippen LogP contribution in [-0.2, 0) is 0 Å². The summed E-state index contributed by atoms with van der Waals surface area (Å²) >= 11 is 1.58. The van der Waals surface area contributed by atoms with Gasteiger partial charge < -0.3 is 5.32 Å². The molecular formula is C17H17N5S. The Hall–Kier alpha value is -2.57. The highest BCUT2D eigenvalue weighted by molar-refractivity contribution is 7.19. The van der Waals surface area contributed by atoms with Crippen LogP contribution in [0, 0.1) is 28.6 Å². The van der Waals surface area contributed by atoms with Crippen molar-refractivity contribution in [1.29, 1.82) is 10.5 Å². The molecule has 0 saturated heterocycles. The molecule has 6 heteroatoms. The van der Waals surface area contributed by atoms with Gasteiger partial charge in [0.1, 0.15) is 0 Å². The maximum absolute atomic E-state index is 9.74. The minimum absolute atomic E-state index is 0.286. The Morgan fingerprint density at radius 2 is 2.04 bits per heavy atom. The molecule has 5 nitrogen and oxygen atoms in total. The number of aromatic amines is 1. The average molecular weight is 323 g/mol. The van der Waals surface area contributed by atoms with Gasteiger partial charge in [-0.15, -0.1) is 11.3 Å². The van der Waals surface area contributed by atoms with Gasteiger partial charge in [0.2, 0.25) is 0 Å². The lowest BCUT2D eigenvalue weighted by Gasteiger charge is -2.27. The Labute approximate surface area is 138 Å². The van der Waals surface area contributed by atoms with Gasteiger partial charge >= 0.3 is 0 Å². The third-order valence-corrected chi connectivity index (χ3v) is 5.06. The largest absolute Gasteiger partial charge is 0.361 e. The number of thiophene rings is 1. The lowest BCUT2D eigenvalue weighted by molar-refractivity contribution is 0.603. The maximum Gasteiger partial charge on any atom is 0.0976 e. The number of nitriles is 2. The first-order valence-corrected chi connectivity index (χ1v) is 8.30. The van der Waals surface area contributed by atoms with Crippen molar-refractivity contribution in [1.82, 2.24) is 15.5 Å². The Morgan fingerprint density at radius 1 is 1.30 bits per heavy atom. The summed E-state index contributed by atoms with van der Waals surface area (Å²) < 4.78 is 1.04. The minimum atomic E-state index is -0.286. The first-order valence-electron chi connectivity index (χ1n) is 7.49. The standard InChI is InChI=1S/C17H17N5S/c1-9(2)4-13-12(7-19)17(11(6-18)10(3)21-13)15-5-14-16(23-15)8-20-22-14/h5,8-9,17,21H,4H2,1-3H3,(H,20,22). The van der Waals surface area contributed by atoms with Crippen LogP contribution in [0.2, 0.25) is 0 Å². The molecule has 2 aromatic heterocycles. The fourth-order valence-electron chi connectivity index (χ4n) is 2.94. The fraction of sp³-hybridized carbons (Fsp3) is 0.353. The monoisotopic (exact) mass is 323 g/mol. The van der Waals surface area contributed by atoms with E-state index in [-0.39, 0.29) is 5.92 Å². The van der Waals surface area contributed by atoms with Gasteiger partial charge in [0, 0.05) is 16.3 Å². The zero-order valence-corrected chi connectivity index (χ0v) is 14.1. The van der Waals surface area contributed by atoms with E-state index in [9.17, 15) is 10.5 Å². The minimum Gasteiger partial charge on any atom is -0.361 e. The summed E-state index contributed by atoms with van der Waals surface area (Å²) in [7, 11) is 0. The highest BCUT2D eigenvalue weighted by Crippen LogP contribution is 2.42. The molecule has 0 amide bonds. The van der Waals surface area contributed by atoms with E-state index < -0.39 is 0 Å². The van der Waals surface area contributed by atoms with E-state index in [1.165, 1.54) is 0 Å². The van der Waals surface area contributed by atoms with E-state index in [4.69, 9.17) is 0 Å². The molecule has 23 heavy (non-hydrogen) atoms. The van der Waals surface area contributed by atoms with Crippen molar-refractivity contribution < 1.29 is 0 Å². The molecule has 1 aliphatic rings. The van der Waals surface area contributed by atoms with Crippen LogP contribution in [0.25, 0.3) is 10.2 Å². The van der Waals surface area contributed by atoms with E-state index in [0.29, 0.717) is 17.1 Å². The molecule has 116 valence electrons. The molecule has 0 fully saturated rings. The second kappa shape index (κ2) is 5.91. The Bertz CT molecular complexity index is 869. The molecule has 1 atom stereocenters. The Morgan fingerprint density at radius 3 is 2.65 bits per heavy atom. The number of nitrogens with zero attached hydrogens (tertiary/aromatic N) is 3.